The molecular weight excluding hydrogens is 280 g/mol. The van der Waals surface area contributed by atoms with Gasteiger partial charge < -0.3 is 4.98 Å². The predicted octanol–water partition coefficient (Wildman–Crippen LogP) is 5.12. The fraction of sp³-hybridized carbons (Fsp3) is 0.190. The molecule has 2 heteroatoms. The maximum atomic E-state index is 4.79. The lowest BCUT2D eigenvalue weighted by Gasteiger charge is -2.02. The van der Waals surface area contributed by atoms with E-state index in [9.17, 15) is 0 Å². The van der Waals surface area contributed by atoms with E-state index in [4.69, 9.17) is 4.98 Å². The Hall–Kier alpha value is -2.61. The highest BCUT2D eigenvalue weighted by molar-refractivity contribution is 5.83. The molecule has 114 valence electrons. The van der Waals surface area contributed by atoms with E-state index in [0.29, 0.717) is 0 Å². The minimum absolute atomic E-state index is 0.936. The van der Waals surface area contributed by atoms with E-state index in [2.05, 4.69) is 73.4 Å². The lowest BCUT2D eigenvalue weighted by molar-refractivity contribution is 0.891. The predicted molar refractivity (Wildman–Crippen MR) is 96.9 cm³/mol. The van der Waals surface area contributed by atoms with Gasteiger partial charge in [0.25, 0.3) is 0 Å². The number of benzene rings is 3. The first-order valence-electron chi connectivity index (χ1n) is 8.13. The van der Waals surface area contributed by atoms with E-state index in [-0.39, 0.29) is 0 Å². The Kier molecular flexibility index (Phi) is 3.38. The van der Waals surface area contributed by atoms with Crippen LogP contribution in [0.1, 0.15) is 22.5 Å². The van der Waals surface area contributed by atoms with Crippen LogP contribution in [-0.4, -0.2) is 9.97 Å². The molecule has 3 aromatic carbocycles. The Labute approximate surface area is 136 Å². The molecule has 0 unspecified atom stereocenters. The first-order valence-corrected chi connectivity index (χ1v) is 8.13. The molecular formula is C21H20N2. The van der Waals surface area contributed by atoms with Crippen molar-refractivity contribution in [2.24, 2.45) is 0 Å². The molecule has 4 aromatic rings. The van der Waals surface area contributed by atoms with Gasteiger partial charge in [-0.3, -0.25) is 0 Å². The van der Waals surface area contributed by atoms with Gasteiger partial charge in [0.2, 0.25) is 0 Å². The largest absolute Gasteiger partial charge is 0.342 e. The second kappa shape index (κ2) is 5.54. The molecule has 23 heavy (non-hydrogen) atoms. The van der Waals surface area contributed by atoms with Crippen LogP contribution >= 0.6 is 0 Å². The number of hydrogen-bond donors (Lipinski definition) is 1. The molecule has 4 rings (SSSR count). The molecule has 0 fully saturated rings. The number of aryl methyl sites for hydroxylation is 4. The summed E-state index contributed by atoms with van der Waals surface area (Å²) in [5, 5.41) is 2.60. The van der Waals surface area contributed by atoms with Gasteiger partial charge >= 0.3 is 0 Å². The third-order valence-electron chi connectivity index (χ3n) is 4.69. The molecule has 2 nitrogen and oxygen atoms in total. The average molecular weight is 300 g/mol. The maximum absolute atomic E-state index is 4.79. The first-order chi connectivity index (χ1) is 11.2. The minimum atomic E-state index is 0.936. The van der Waals surface area contributed by atoms with E-state index in [0.717, 1.165) is 29.7 Å². The molecule has 0 saturated heterocycles. The molecule has 0 aliphatic heterocycles. The van der Waals surface area contributed by atoms with Crippen molar-refractivity contribution in [2.75, 3.05) is 0 Å². The van der Waals surface area contributed by atoms with Crippen LogP contribution in [0.4, 0.5) is 0 Å². The molecule has 1 N–H and O–H groups in total. The molecule has 0 aliphatic rings. The zero-order valence-electron chi connectivity index (χ0n) is 13.6. The highest BCUT2D eigenvalue weighted by Gasteiger charge is 2.07. The first kappa shape index (κ1) is 14.0. The molecule has 0 atom stereocenters. The Morgan fingerprint density at radius 2 is 1.70 bits per heavy atom. The van der Waals surface area contributed by atoms with Crippen molar-refractivity contribution in [3.05, 3.63) is 77.1 Å². The summed E-state index contributed by atoms with van der Waals surface area (Å²) in [4.78, 5) is 8.25. The summed E-state index contributed by atoms with van der Waals surface area (Å²) in [5.74, 6) is 1.07. The van der Waals surface area contributed by atoms with Crippen LogP contribution in [-0.2, 0) is 12.8 Å². The second-order valence-electron chi connectivity index (χ2n) is 6.27. The number of fused-ring (bicyclic) bond motifs is 2. The van der Waals surface area contributed by atoms with Gasteiger partial charge in [-0.15, -0.1) is 0 Å². The standard InChI is InChI=1S/C21H20N2/c1-14-7-11-19-21(15(14)2)23-20(22-19)12-9-16-8-10-17-5-3-4-6-18(17)13-16/h3-8,10-11,13H,9,12H2,1-2H3,(H,22,23). The molecule has 1 heterocycles. The van der Waals surface area contributed by atoms with Gasteiger partial charge in [-0.05, 0) is 53.8 Å². The minimum Gasteiger partial charge on any atom is -0.342 e. The zero-order valence-corrected chi connectivity index (χ0v) is 13.6. The average Bonchev–Trinajstić information content (AvgIpc) is 3.00. The van der Waals surface area contributed by atoms with E-state index in [1.165, 1.54) is 27.5 Å². The van der Waals surface area contributed by atoms with Crippen molar-refractivity contribution in [1.29, 1.82) is 0 Å². The van der Waals surface area contributed by atoms with Gasteiger partial charge in [0, 0.05) is 6.42 Å². The highest BCUT2D eigenvalue weighted by Crippen LogP contribution is 2.21. The SMILES string of the molecule is Cc1ccc2[nH]c(CCc3ccc4ccccc4c3)nc2c1C. The van der Waals surface area contributed by atoms with Crippen molar-refractivity contribution >= 4 is 21.8 Å². The van der Waals surface area contributed by atoms with Crippen LogP contribution in [0.2, 0.25) is 0 Å². The van der Waals surface area contributed by atoms with Gasteiger partial charge in [0.05, 0.1) is 11.0 Å². The zero-order chi connectivity index (χ0) is 15.8. The van der Waals surface area contributed by atoms with Crippen molar-refractivity contribution in [2.45, 2.75) is 26.7 Å². The summed E-state index contributed by atoms with van der Waals surface area (Å²) in [6, 6.07) is 19.5. The second-order valence-corrected chi connectivity index (χ2v) is 6.27. The van der Waals surface area contributed by atoms with E-state index < -0.39 is 0 Å². The van der Waals surface area contributed by atoms with Crippen LogP contribution in [0.5, 0.6) is 0 Å². The molecule has 0 radical (unpaired) electrons. The molecule has 0 aliphatic carbocycles. The van der Waals surface area contributed by atoms with Gasteiger partial charge in [0.15, 0.2) is 0 Å². The van der Waals surface area contributed by atoms with Crippen molar-refractivity contribution in [3.63, 3.8) is 0 Å². The monoisotopic (exact) mass is 300 g/mol. The molecule has 1 aromatic heterocycles. The maximum Gasteiger partial charge on any atom is 0.107 e. The number of imidazole rings is 1. The molecule has 0 amide bonds. The van der Waals surface area contributed by atoms with Crippen molar-refractivity contribution in [1.82, 2.24) is 9.97 Å². The van der Waals surface area contributed by atoms with Crippen molar-refractivity contribution < 1.29 is 0 Å². The summed E-state index contributed by atoms with van der Waals surface area (Å²) >= 11 is 0. The summed E-state index contributed by atoms with van der Waals surface area (Å²) in [6.45, 7) is 4.28. The van der Waals surface area contributed by atoms with Gasteiger partial charge in [-0.2, -0.15) is 0 Å². The fourth-order valence-electron chi connectivity index (χ4n) is 3.14. The third kappa shape index (κ3) is 2.61. The lowest BCUT2D eigenvalue weighted by Crippen LogP contribution is -1.93. The normalized spacial score (nSPS) is 11.4. The summed E-state index contributed by atoms with van der Waals surface area (Å²) in [5.41, 5.74) is 6.18. The Balaban J connectivity index is 1.59. The number of nitrogens with zero attached hydrogens (tertiary/aromatic N) is 1. The third-order valence-corrected chi connectivity index (χ3v) is 4.69. The van der Waals surface area contributed by atoms with Crippen LogP contribution in [0.3, 0.4) is 0 Å². The van der Waals surface area contributed by atoms with Crippen LogP contribution < -0.4 is 0 Å². The fourth-order valence-corrected chi connectivity index (χ4v) is 3.14. The van der Waals surface area contributed by atoms with Crippen LogP contribution in [0, 0.1) is 13.8 Å². The summed E-state index contributed by atoms with van der Waals surface area (Å²) in [6.07, 6.45) is 1.94. The quantitative estimate of drug-likeness (QED) is 0.559. The molecule has 0 spiro atoms. The smallest absolute Gasteiger partial charge is 0.107 e. The van der Waals surface area contributed by atoms with Gasteiger partial charge in [-0.25, -0.2) is 4.98 Å². The molecule has 0 bridgehead atoms. The Morgan fingerprint density at radius 3 is 2.57 bits per heavy atom. The van der Waals surface area contributed by atoms with E-state index in [1.807, 2.05) is 0 Å². The topological polar surface area (TPSA) is 28.7 Å². The Bertz CT molecular complexity index is 995. The van der Waals surface area contributed by atoms with Crippen LogP contribution in [0.15, 0.2) is 54.6 Å². The van der Waals surface area contributed by atoms with Gasteiger partial charge in [-0.1, -0.05) is 48.5 Å². The lowest BCUT2D eigenvalue weighted by atomic mass is 10.0. The molecule has 0 saturated carbocycles. The number of rotatable bonds is 3. The number of aromatic amines is 1. The highest BCUT2D eigenvalue weighted by atomic mass is 14.9. The number of aromatic nitrogens is 2. The summed E-state index contributed by atoms with van der Waals surface area (Å²) in [7, 11) is 0. The van der Waals surface area contributed by atoms with Gasteiger partial charge in [0.1, 0.15) is 5.82 Å². The van der Waals surface area contributed by atoms with Crippen molar-refractivity contribution in [3.8, 4) is 0 Å². The number of H-pyrrole nitrogens is 1. The van der Waals surface area contributed by atoms with Crippen LogP contribution in [0.25, 0.3) is 21.8 Å². The number of nitrogens with one attached hydrogen (secondary N) is 1. The summed E-state index contributed by atoms with van der Waals surface area (Å²) < 4.78 is 0. The number of hydrogen-bond acceptors (Lipinski definition) is 1. The van der Waals surface area contributed by atoms with E-state index >= 15 is 0 Å². The Morgan fingerprint density at radius 1 is 0.870 bits per heavy atom. The van der Waals surface area contributed by atoms with E-state index in [1.54, 1.807) is 0 Å².